The lowest BCUT2D eigenvalue weighted by Gasteiger charge is -2.13. The number of hydrogen-bond acceptors (Lipinski definition) is 4. The summed E-state index contributed by atoms with van der Waals surface area (Å²) in [4.78, 5) is 1.25. The summed E-state index contributed by atoms with van der Waals surface area (Å²) < 4.78 is 6.30. The molecule has 0 bridgehead atoms. The molecule has 0 aliphatic carbocycles. The highest BCUT2D eigenvalue weighted by Crippen LogP contribution is 2.21. The minimum atomic E-state index is -0.512. The quantitative estimate of drug-likeness (QED) is 0.737. The van der Waals surface area contributed by atoms with Gasteiger partial charge in [-0.05, 0) is 30.7 Å². The van der Waals surface area contributed by atoms with Crippen LogP contribution in [0.4, 0.5) is 0 Å². The number of halogens is 1. The van der Waals surface area contributed by atoms with Crippen molar-refractivity contribution < 1.29 is 9.84 Å². The van der Waals surface area contributed by atoms with Crippen LogP contribution in [0.2, 0.25) is 4.34 Å². The van der Waals surface area contributed by atoms with E-state index in [1.54, 1.807) is 11.3 Å². The third-order valence-corrected chi connectivity index (χ3v) is 4.03. The molecule has 5 heteroatoms. The minimum Gasteiger partial charge on any atom is -0.491 e. The van der Waals surface area contributed by atoms with Gasteiger partial charge in [0.25, 0.3) is 0 Å². The fraction of sp³-hybridized carbons (Fsp3) is 0.333. The molecule has 0 aliphatic heterocycles. The molecule has 1 aromatic carbocycles. The van der Waals surface area contributed by atoms with Gasteiger partial charge in [0.2, 0.25) is 0 Å². The van der Waals surface area contributed by atoms with Crippen LogP contribution in [-0.2, 0) is 6.42 Å². The number of nitrogens with one attached hydrogen (secondary N) is 1. The fourth-order valence-corrected chi connectivity index (χ4v) is 2.82. The predicted octanol–water partition coefficient (Wildman–Crippen LogP) is 2.97. The van der Waals surface area contributed by atoms with Gasteiger partial charge in [0.1, 0.15) is 18.5 Å². The third-order valence-electron chi connectivity index (χ3n) is 2.74. The number of thiophene rings is 1. The lowest BCUT2D eigenvalue weighted by Crippen LogP contribution is -2.32. The summed E-state index contributed by atoms with van der Waals surface area (Å²) in [7, 11) is 0. The van der Waals surface area contributed by atoms with Gasteiger partial charge in [-0.25, -0.2) is 0 Å². The molecule has 0 saturated heterocycles. The smallest absolute Gasteiger partial charge is 0.119 e. The van der Waals surface area contributed by atoms with Gasteiger partial charge in [0, 0.05) is 18.0 Å². The van der Waals surface area contributed by atoms with Crippen LogP contribution in [0.3, 0.4) is 0 Å². The van der Waals surface area contributed by atoms with Gasteiger partial charge in [0.15, 0.2) is 0 Å². The molecule has 1 aromatic heterocycles. The van der Waals surface area contributed by atoms with Crippen LogP contribution in [0.15, 0.2) is 42.5 Å². The molecule has 1 heterocycles. The summed E-state index contributed by atoms with van der Waals surface area (Å²) in [6.07, 6.45) is 0.408. The van der Waals surface area contributed by atoms with Crippen molar-refractivity contribution in [3.63, 3.8) is 0 Å². The van der Waals surface area contributed by atoms with Crippen LogP contribution in [0.25, 0.3) is 0 Å². The number of aliphatic hydroxyl groups excluding tert-OH is 1. The van der Waals surface area contributed by atoms with Gasteiger partial charge < -0.3 is 15.2 Å². The molecule has 1 unspecified atom stereocenters. The Labute approximate surface area is 128 Å². The second kappa shape index (κ2) is 8.27. The Morgan fingerprint density at radius 3 is 2.70 bits per heavy atom. The first-order valence-electron chi connectivity index (χ1n) is 6.55. The highest BCUT2D eigenvalue weighted by molar-refractivity contribution is 7.16. The van der Waals surface area contributed by atoms with E-state index in [1.165, 1.54) is 4.88 Å². The van der Waals surface area contributed by atoms with E-state index in [1.807, 2.05) is 42.5 Å². The van der Waals surface area contributed by atoms with Gasteiger partial charge in [-0.2, -0.15) is 0 Å². The molecule has 0 fully saturated rings. The average molecular weight is 312 g/mol. The van der Waals surface area contributed by atoms with Gasteiger partial charge in [0.05, 0.1) is 4.34 Å². The highest BCUT2D eigenvalue weighted by atomic mass is 35.5. The third kappa shape index (κ3) is 5.51. The molecular weight excluding hydrogens is 294 g/mol. The zero-order valence-corrected chi connectivity index (χ0v) is 12.7. The van der Waals surface area contributed by atoms with Gasteiger partial charge in [-0.3, -0.25) is 0 Å². The summed E-state index contributed by atoms with van der Waals surface area (Å²) in [5.41, 5.74) is 0. The summed E-state index contributed by atoms with van der Waals surface area (Å²) in [6.45, 7) is 1.63. The van der Waals surface area contributed by atoms with E-state index >= 15 is 0 Å². The Balaban J connectivity index is 1.57. The second-order valence-electron chi connectivity index (χ2n) is 4.44. The van der Waals surface area contributed by atoms with Crippen LogP contribution < -0.4 is 10.1 Å². The summed E-state index contributed by atoms with van der Waals surface area (Å²) in [5, 5.41) is 13.0. The van der Waals surface area contributed by atoms with E-state index in [0.717, 1.165) is 23.1 Å². The van der Waals surface area contributed by atoms with Crippen molar-refractivity contribution in [1.82, 2.24) is 5.32 Å². The van der Waals surface area contributed by atoms with Crippen molar-refractivity contribution in [2.24, 2.45) is 0 Å². The molecule has 3 nitrogen and oxygen atoms in total. The molecule has 0 spiro atoms. The molecule has 2 N–H and O–H groups in total. The molecule has 2 rings (SSSR count). The monoisotopic (exact) mass is 311 g/mol. The van der Waals surface area contributed by atoms with Crippen LogP contribution in [-0.4, -0.2) is 30.9 Å². The first-order valence-corrected chi connectivity index (χ1v) is 7.74. The number of ether oxygens (including phenoxy) is 1. The number of rotatable bonds is 8. The maximum Gasteiger partial charge on any atom is 0.119 e. The number of para-hydroxylation sites is 1. The lowest BCUT2D eigenvalue weighted by molar-refractivity contribution is 0.106. The lowest BCUT2D eigenvalue weighted by atomic mass is 10.3. The van der Waals surface area contributed by atoms with E-state index in [-0.39, 0.29) is 0 Å². The van der Waals surface area contributed by atoms with E-state index in [4.69, 9.17) is 16.3 Å². The Kier molecular flexibility index (Phi) is 6.33. The SMILES string of the molecule is OC(CNCCc1ccc(Cl)s1)COc1ccccc1. The normalized spacial score (nSPS) is 12.3. The topological polar surface area (TPSA) is 41.5 Å². The minimum absolute atomic E-state index is 0.293. The van der Waals surface area contributed by atoms with Crippen LogP contribution in [0, 0.1) is 0 Å². The van der Waals surface area contributed by atoms with E-state index in [0.29, 0.717) is 13.2 Å². The van der Waals surface area contributed by atoms with Gasteiger partial charge in [-0.1, -0.05) is 29.8 Å². The molecule has 0 radical (unpaired) electrons. The molecule has 108 valence electrons. The number of aliphatic hydroxyl groups is 1. The zero-order chi connectivity index (χ0) is 14.2. The van der Waals surface area contributed by atoms with Gasteiger partial charge in [-0.15, -0.1) is 11.3 Å². The van der Waals surface area contributed by atoms with Crippen molar-refractivity contribution in [2.75, 3.05) is 19.7 Å². The highest BCUT2D eigenvalue weighted by Gasteiger charge is 2.05. The predicted molar refractivity (Wildman–Crippen MR) is 83.8 cm³/mol. The Morgan fingerprint density at radius 2 is 2.00 bits per heavy atom. The van der Waals surface area contributed by atoms with Crippen LogP contribution in [0.5, 0.6) is 5.75 Å². The molecule has 2 aromatic rings. The second-order valence-corrected chi connectivity index (χ2v) is 6.24. The van der Waals surface area contributed by atoms with Crippen molar-refractivity contribution >= 4 is 22.9 Å². The summed E-state index contributed by atoms with van der Waals surface area (Å²) in [6, 6.07) is 13.4. The largest absolute Gasteiger partial charge is 0.491 e. The van der Waals surface area contributed by atoms with E-state index in [9.17, 15) is 5.11 Å². The summed E-state index contributed by atoms with van der Waals surface area (Å²) >= 11 is 7.46. The molecule has 0 amide bonds. The zero-order valence-electron chi connectivity index (χ0n) is 11.1. The Morgan fingerprint density at radius 1 is 1.20 bits per heavy atom. The molecular formula is C15H18ClNO2S. The number of hydrogen-bond donors (Lipinski definition) is 2. The molecule has 20 heavy (non-hydrogen) atoms. The standard InChI is InChI=1S/C15H18ClNO2S/c16-15-7-6-14(20-15)8-9-17-10-12(18)11-19-13-4-2-1-3-5-13/h1-7,12,17-18H,8-11H2. The number of benzene rings is 1. The van der Waals surface area contributed by atoms with E-state index in [2.05, 4.69) is 5.32 Å². The first kappa shape index (κ1) is 15.3. The Hall–Kier alpha value is -1.07. The molecule has 1 atom stereocenters. The first-order chi connectivity index (χ1) is 9.74. The van der Waals surface area contributed by atoms with E-state index < -0.39 is 6.10 Å². The van der Waals surface area contributed by atoms with Crippen molar-refractivity contribution in [3.8, 4) is 5.75 Å². The maximum atomic E-state index is 9.81. The summed E-state index contributed by atoms with van der Waals surface area (Å²) in [5.74, 6) is 0.778. The molecule has 0 saturated carbocycles. The van der Waals surface area contributed by atoms with Crippen molar-refractivity contribution in [1.29, 1.82) is 0 Å². The van der Waals surface area contributed by atoms with Crippen molar-refractivity contribution in [3.05, 3.63) is 51.7 Å². The van der Waals surface area contributed by atoms with Crippen molar-refractivity contribution in [2.45, 2.75) is 12.5 Å². The van der Waals surface area contributed by atoms with Crippen LogP contribution >= 0.6 is 22.9 Å². The maximum absolute atomic E-state index is 9.81. The molecule has 0 aliphatic rings. The average Bonchev–Trinajstić information content (AvgIpc) is 2.88. The Bertz CT molecular complexity index is 504. The van der Waals surface area contributed by atoms with Gasteiger partial charge >= 0.3 is 0 Å². The van der Waals surface area contributed by atoms with Crippen LogP contribution in [0.1, 0.15) is 4.88 Å². The fourth-order valence-electron chi connectivity index (χ4n) is 1.73.